The van der Waals surface area contributed by atoms with Crippen molar-refractivity contribution < 1.29 is 28.6 Å². The quantitative estimate of drug-likeness (QED) is 0.785. The normalized spacial score (nSPS) is 16.9. The predicted octanol–water partition coefficient (Wildman–Crippen LogP) is 2.23. The third kappa shape index (κ3) is 5.42. The van der Waals surface area contributed by atoms with Gasteiger partial charge in [0.15, 0.2) is 5.60 Å². The number of nitrogens with one attached hydrogen (secondary N) is 1. The molecule has 0 aliphatic carbocycles. The number of hydrogen-bond donors (Lipinski definition) is 2. The van der Waals surface area contributed by atoms with E-state index in [0.717, 1.165) is 0 Å². The average molecular weight is 353 g/mol. The van der Waals surface area contributed by atoms with Gasteiger partial charge in [-0.1, -0.05) is 0 Å². The molecule has 0 saturated carbocycles. The minimum Gasteiger partial charge on any atom is -0.481 e. The van der Waals surface area contributed by atoms with Gasteiger partial charge in [0.1, 0.15) is 11.6 Å². The van der Waals surface area contributed by atoms with Crippen LogP contribution in [0.15, 0.2) is 24.3 Å². The molecule has 1 unspecified atom stereocenters. The number of carboxylic acid groups (broad SMARTS) is 1. The highest BCUT2D eigenvalue weighted by Gasteiger charge is 2.34. The van der Waals surface area contributed by atoms with E-state index in [0.29, 0.717) is 31.8 Å². The van der Waals surface area contributed by atoms with E-state index in [-0.39, 0.29) is 12.5 Å². The van der Waals surface area contributed by atoms with E-state index in [4.69, 9.17) is 9.47 Å². The van der Waals surface area contributed by atoms with Crippen LogP contribution in [0, 0.1) is 17.7 Å². The number of aliphatic carboxylic acids is 1. The van der Waals surface area contributed by atoms with Crippen LogP contribution >= 0.6 is 0 Å². The predicted molar refractivity (Wildman–Crippen MR) is 88.8 cm³/mol. The van der Waals surface area contributed by atoms with Gasteiger partial charge >= 0.3 is 5.97 Å². The monoisotopic (exact) mass is 353 g/mol. The second-order valence-electron chi connectivity index (χ2n) is 6.67. The van der Waals surface area contributed by atoms with Crippen LogP contribution in [0.1, 0.15) is 26.7 Å². The van der Waals surface area contributed by atoms with E-state index in [2.05, 4.69) is 5.32 Å². The van der Waals surface area contributed by atoms with Crippen molar-refractivity contribution in [1.82, 2.24) is 5.32 Å². The second kappa shape index (κ2) is 8.29. The van der Waals surface area contributed by atoms with E-state index in [1.165, 1.54) is 24.3 Å². The van der Waals surface area contributed by atoms with E-state index < -0.39 is 29.2 Å². The van der Waals surface area contributed by atoms with Crippen molar-refractivity contribution in [3.8, 4) is 5.75 Å². The van der Waals surface area contributed by atoms with E-state index >= 15 is 0 Å². The summed E-state index contributed by atoms with van der Waals surface area (Å²) in [6.45, 7) is 4.28. The molecule has 6 nitrogen and oxygen atoms in total. The number of carboxylic acids is 1. The molecule has 2 N–H and O–H groups in total. The SMILES string of the molecule is CC(C)(Oc1ccc(F)cc1)C(=O)NCC(C(=O)O)C1CCOCC1. The summed E-state index contributed by atoms with van der Waals surface area (Å²) in [6, 6.07) is 5.36. The largest absolute Gasteiger partial charge is 0.481 e. The van der Waals surface area contributed by atoms with Crippen LogP contribution in [0.2, 0.25) is 0 Å². The summed E-state index contributed by atoms with van der Waals surface area (Å²) in [4.78, 5) is 23.9. The Balaban J connectivity index is 1.93. The highest BCUT2D eigenvalue weighted by atomic mass is 19.1. The number of carbonyl (C=O) groups is 2. The van der Waals surface area contributed by atoms with Gasteiger partial charge in [0, 0.05) is 19.8 Å². The molecule has 0 radical (unpaired) electrons. The Morgan fingerprint density at radius 2 is 1.92 bits per heavy atom. The van der Waals surface area contributed by atoms with Crippen molar-refractivity contribution in [2.45, 2.75) is 32.3 Å². The zero-order valence-electron chi connectivity index (χ0n) is 14.5. The molecule has 1 saturated heterocycles. The molecule has 0 bridgehead atoms. The lowest BCUT2D eigenvalue weighted by Gasteiger charge is -2.30. The summed E-state index contributed by atoms with van der Waals surface area (Å²) in [7, 11) is 0. The number of benzene rings is 1. The summed E-state index contributed by atoms with van der Waals surface area (Å²) in [5.74, 6) is -2.06. The Bertz CT molecular complexity index is 596. The first-order valence-electron chi connectivity index (χ1n) is 8.33. The number of ether oxygens (including phenoxy) is 2. The molecule has 1 aliphatic heterocycles. The van der Waals surface area contributed by atoms with Gasteiger partial charge in [-0.3, -0.25) is 9.59 Å². The van der Waals surface area contributed by atoms with Crippen molar-refractivity contribution in [1.29, 1.82) is 0 Å². The van der Waals surface area contributed by atoms with E-state index in [1.807, 2.05) is 0 Å². The molecular formula is C18H24FNO5. The zero-order valence-corrected chi connectivity index (χ0v) is 14.5. The second-order valence-corrected chi connectivity index (χ2v) is 6.67. The first-order chi connectivity index (χ1) is 11.8. The maximum atomic E-state index is 12.9. The van der Waals surface area contributed by atoms with Gasteiger partial charge in [-0.15, -0.1) is 0 Å². The molecule has 0 spiro atoms. The van der Waals surface area contributed by atoms with Crippen molar-refractivity contribution >= 4 is 11.9 Å². The summed E-state index contributed by atoms with van der Waals surface area (Å²) in [6.07, 6.45) is 1.34. The van der Waals surface area contributed by atoms with E-state index in [1.54, 1.807) is 13.8 Å². The summed E-state index contributed by atoms with van der Waals surface area (Å²) in [5, 5.41) is 12.1. The fourth-order valence-electron chi connectivity index (χ4n) is 2.83. The van der Waals surface area contributed by atoms with Gasteiger partial charge in [0.2, 0.25) is 0 Å². The Morgan fingerprint density at radius 3 is 2.48 bits per heavy atom. The summed E-state index contributed by atoms with van der Waals surface area (Å²) < 4.78 is 23.8. The first-order valence-corrected chi connectivity index (χ1v) is 8.33. The molecule has 1 aliphatic rings. The Kier molecular flexibility index (Phi) is 6.36. The Morgan fingerprint density at radius 1 is 1.32 bits per heavy atom. The van der Waals surface area contributed by atoms with Gasteiger partial charge in [-0.25, -0.2) is 4.39 Å². The lowest BCUT2D eigenvalue weighted by atomic mass is 9.86. The van der Waals surface area contributed by atoms with E-state index in [9.17, 15) is 19.1 Å². The standard InChI is InChI=1S/C18H24FNO5/c1-18(2,25-14-5-3-13(19)4-6-14)17(23)20-11-15(16(21)22)12-7-9-24-10-8-12/h3-6,12,15H,7-11H2,1-2H3,(H,20,23)(H,21,22). The lowest BCUT2D eigenvalue weighted by Crippen LogP contribution is -2.49. The van der Waals surface area contributed by atoms with Gasteiger partial charge in [0.25, 0.3) is 5.91 Å². The number of carbonyl (C=O) groups excluding carboxylic acids is 1. The smallest absolute Gasteiger partial charge is 0.308 e. The molecule has 1 amide bonds. The van der Waals surface area contributed by atoms with Crippen LogP contribution in [-0.4, -0.2) is 42.3 Å². The van der Waals surface area contributed by atoms with Crippen LogP contribution in [0.4, 0.5) is 4.39 Å². The maximum Gasteiger partial charge on any atom is 0.308 e. The van der Waals surface area contributed by atoms with Gasteiger partial charge in [0.05, 0.1) is 5.92 Å². The number of halogens is 1. The van der Waals surface area contributed by atoms with Crippen molar-refractivity contribution in [2.75, 3.05) is 19.8 Å². The molecular weight excluding hydrogens is 329 g/mol. The number of amides is 1. The number of hydrogen-bond acceptors (Lipinski definition) is 4. The lowest BCUT2D eigenvalue weighted by molar-refractivity contribution is -0.145. The van der Waals surface area contributed by atoms with Crippen LogP contribution in [0.5, 0.6) is 5.75 Å². The van der Waals surface area contributed by atoms with Crippen molar-refractivity contribution in [3.05, 3.63) is 30.1 Å². The maximum absolute atomic E-state index is 12.9. The molecule has 2 rings (SSSR count). The fourth-order valence-corrected chi connectivity index (χ4v) is 2.83. The van der Waals surface area contributed by atoms with Crippen molar-refractivity contribution in [3.63, 3.8) is 0 Å². The van der Waals surface area contributed by atoms with Crippen LogP contribution in [0.3, 0.4) is 0 Å². The van der Waals surface area contributed by atoms with Gasteiger partial charge in [-0.2, -0.15) is 0 Å². The Hall–Kier alpha value is -2.15. The third-order valence-corrected chi connectivity index (χ3v) is 4.37. The highest BCUT2D eigenvalue weighted by Crippen LogP contribution is 2.24. The van der Waals surface area contributed by atoms with Gasteiger partial charge in [-0.05, 0) is 56.9 Å². The molecule has 1 aromatic rings. The third-order valence-electron chi connectivity index (χ3n) is 4.37. The molecule has 1 aromatic carbocycles. The van der Waals surface area contributed by atoms with Gasteiger partial charge < -0.3 is 19.9 Å². The minimum atomic E-state index is -1.21. The average Bonchev–Trinajstić information content (AvgIpc) is 2.57. The zero-order chi connectivity index (χ0) is 18.4. The molecule has 1 heterocycles. The molecule has 25 heavy (non-hydrogen) atoms. The molecule has 138 valence electrons. The topological polar surface area (TPSA) is 84.9 Å². The molecule has 1 atom stereocenters. The highest BCUT2D eigenvalue weighted by molar-refractivity contribution is 5.85. The molecule has 1 fully saturated rings. The Labute approximate surface area is 146 Å². The number of rotatable bonds is 7. The first kappa shape index (κ1) is 19.2. The van der Waals surface area contributed by atoms with Crippen LogP contribution < -0.4 is 10.1 Å². The summed E-state index contributed by atoms with van der Waals surface area (Å²) >= 11 is 0. The fraction of sp³-hybridized carbons (Fsp3) is 0.556. The molecule has 0 aromatic heterocycles. The van der Waals surface area contributed by atoms with Crippen LogP contribution in [-0.2, 0) is 14.3 Å². The minimum absolute atomic E-state index is 0.0207. The molecule has 7 heteroatoms. The van der Waals surface area contributed by atoms with Crippen LogP contribution in [0.25, 0.3) is 0 Å². The summed E-state index contributed by atoms with van der Waals surface area (Å²) in [5.41, 5.74) is -1.21. The van der Waals surface area contributed by atoms with Crippen molar-refractivity contribution in [2.24, 2.45) is 11.8 Å².